The number of carbonyl (C=O) groups is 2. The highest BCUT2D eigenvalue weighted by molar-refractivity contribution is 5.95. The minimum atomic E-state index is -0.843. The van der Waals surface area contributed by atoms with Gasteiger partial charge < -0.3 is 4.90 Å². The number of Topliss-reactive ketones (excluding diaryl/α,β-unsaturated/α-hetero) is 1. The maximum absolute atomic E-state index is 11.7. The second kappa shape index (κ2) is 3.05. The summed E-state index contributed by atoms with van der Waals surface area (Å²) in [7, 11) is 1.68. The number of rotatable bonds is 1. The molecule has 0 aliphatic carbocycles. The molecule has 1 rings (SSSR count). The zero-order valence-electron chi connectivity index (χ0n) is 9.47. The first-order chi connectivity index (χ1) is 6.23. The molecule has 1 N–H and O–H groups in total. The Hall–Kier alpha value is -0.900. The van der Waals surface area contributed by atoms with Crippen molar-refractivity contribution in [3.8, 4) is 0 Å². The Balaban J connectivity index is 3.20. The van der Waals surface area contributed by atoms with Crippen molar-refractivity contribution in [3.05, 3.63) is 0 Å². The quantitative estimate of drug-likeness (QED) is 0.662. The van der Waals surface area contributed by atoms with Crippen molar-refractivity contribution in [2.75, 3.05) is 13.6 Å². The van der Waals surface area contributed by atoms with Crippen molar-refractivity contribution in [3.63, 3.8) is 0 Å². The van der Waals surface area contributed by atoms with E-state index < -0.39 is 5.66 Å². The Bertz CT molecular complexity index is 280. The lowest BCUT2D eigenvalue weighted by Crippen LogP contribution is -2.64. The van der Waals surface area contributed by atoms with E-state index in [9.17, 15) is 9.59 Å². The van der Waals surface area contributed by atoms with Gasteiger partial charge in [0.15, 0.2) is 11.4 Å². The summed E-state index contributed by atoms with van der Waals surface area (Å²) in [5, 5.41) is 3.04. The van der Waals surface area contributed by atoms with Gasteiger partial charge in [0.2, 0.25) is 5.91 Å². The van der Waals surface area contributed by atoms with Crippen molar-refractivity contribution < 1.29 is 9.59 Å². The molecule has 1 aliphatic heterocycles. The molecule has 4 heteroatoms. The number of amides is 1. The van der Waals surface area contributed by atoms with Crippen molar-refractivity contribution >= 4 is 11.7 Å². The molecule has 1 atom stereocenters. The van der Waals surface area contributed by atoms with E-state index in [0.717, 1.165) is 0 Å². The molecule has 0 spiro atoms. The molecule has 1 amide bonds. The molecular formula is C10H18N2O2. The van der Waals surface area contributed by atoms with Crippen LogP contribution in [0.5, 0.6) is 0 Å². The minimum absolute atomic E-state index is 0.0154. The van der Waals surface area contributed by atoms with Gasteiger partial charge in [0.1, 0.15) is 0 Å². The molecule has 4 nitrogen and oxygen atoms in total. The number of hydrogen-bond donors (Lipinski definition) is 1. The standard InChI is InChI=1S/C10H18N2O2/c1-7(13)10(9(2,3)4)11-6-8(14)12(10)5/h11H,6H2,1-5H3. The van der Waals surface area contributed by atoms with Crippen LogP contribution in [0.1, 0.15) is 27.7 Å². The summed E-state index contributed by atoms with van der Waals surface area (Å²) in [4.78, 5) is 24.7. The first-order valence-corrected chi connectivity index (χ1v) is 4.76. The van der Waals surface area contributed by atoms with Gasteiger partial charge in [0.05, 0.1) is 6.54 Å². The number of hydrogen-bond acceptors (Lipinski definition) is 3. The van der Waals surface area contributed by atoms with Crippen LogP contribution in [0.3, 0.4) is 0 Å². The molecule has 0 bridgehead atoms. The summed E-state index contributed by atoms with van der Waals surface area (Å²) in [5.41, 5.74) is -1.15. The Morgan fingerprint density at radius 2 is 2.00 bits per heavy atom. The Morgan fingerprint density at radius 1 is 1.50 bits per heavy atom. The fourth-order valence-corrected chi connectivity index (χ4v) is 2.28. The van der Waals surface area contributed by atoms with Crippen LogP contribution >= 0.6 is 0 Å². The van der Waals surface area contributed by atoms with Gasteiger partial charge in [-0.05, 0) is 6.92 Å². The van der Waals surface area contributed by atoms with E-state index in [4.69, 9.17) is 0 Å². The van der Waals surface area contributed by atoms with Gasteiger partial charge in [-0.3, -0.25) is 14.9 Å². The van der Waals surface area contributed by atoms with Crippen LogP contribution < -0.4 is 5.32 Å². The zero-order chi connectivity index (χ0) is 11.1. The van der Waals surface area contributed by atoms with E-state index in [2.05, 4.69) is 5.32 Å². The van der Waals surface area contributed by atoms with E-state index in [1.54, 1.807) is 7.05 Å². The van der Waals surface area contributed by atoms with Crippen LogP contribution in [-0.4, -0.2) is 35.8 Å². The maximum Gasteiger partial charge on any atom is 0.238 e. The SMILES string of the molecule is CC(=O)C1(C(C)(C)C)NCC(=O)N1C. The van der Waals surface area contributed by atoms with Crippen LogP contribution in [0.4, 0.5) is 0 Å². The smallest absolute Gasteiger partial charge is 0.238 e. The highest BCUT2D eigenvalue weighted by Gasteiger charge is 2.54. The second-order valence-electron chi connectivity index (χ2n) is 4.82. The largest absolute Gasteiger partial charge is 0.319 e. The summed E-state index contributed by atoms with van der Waals surface area (Å²) in [6.45, 7) is 7.63. The highest BCUT2D eigenvalue weighted by atomic mass is 16.2. The molecule has 1 unspecified atom stereocenters. The minimum Gasteiger partial charge on any atom is -0.319 e. The van der Waals surface area contributed by atoms with Gasteiger partial charge >= 0.3 is 0 Å². The number of likely N-dealkylation sites (N-methyl/N-ethyl adjacent to an activating group) is 1. The van der Waals surface area contributed by atoms with E-state index in [0.29, 0.717) is 0 Å². The Labute approximate surface area is 84.7 Å². The topological polar surface area (TPSA) is 49.4 Å². The zero-order valence-corrected chi connectivity index (χ0v) is 9.47. The molecule has 14 heavy (non-hydrogen) atoms. The molecule has 1 heterocycles. The van der Waals surface area contributed by atoms with Gasteiger partial charge in [-0.15, -0.1) is 0 Å². The summed E-state index contributed by atoms with van der Waals surface area (Å²) < 4.78 is 0. The summed E-state index contributed by atoms with van der Waals surface area (Å²) >= 11 is 0. The Morgan fingerprint density at radius 3 is 2.14 bits per heavy atom. The number of carbonyl (C=O) groups excluding carboxylic acids is 2. The van der Waals surface area contributed by atoms with Crippen LogP contribution in [0.15, 0.2) is 0 Å². The predicted octanol–water partition coefficient (Wildman–Crippen LogP) is 0.379. The highest BCUT2D eigenvalue weighted by Crippen LogP contribution is 2.36. The van der Waals surface area contributed by atoms with Crippen molar-refractivity contribution in [1.82, 2.24) is 10.2 Å². The molecule has 1 fully saturated rings. The van der Waals surface area contributed by atoms with Gasteiger partial charge in [0.25, 0.3) is 0 Å². The molecule has 1 aliphatic rings. The first kappa shape index (κ1) is 11.2. The van der Waals surface area contributed by atoms with Crippen molar-refractivity contribution in [1.29, 1.82) is 0 Å². The van der Waals surface area contributed by atoms with E-state index in [-0.39, 0.29) is 23.7 Å². The molecule has 0 aromatic heterocycles. The molecule has 0 radical (unpaired) electrons. The molecule has 0 saturated carbocycles. The third kappa shape index (κ3) is 1.25. The number of nitrogens with zero attached hydrogens (tertiary/aromatic N) is 1. The lowest BCUT2D eigenvalue weighted by atomic mass is 9.77. The molecule has 1 saturated heterocycles. The molecule has 0 aromatic rings. The van der Waals surface area contributed by atoms with Gasteiger partial charge in [-0.2, -0.15) is 0 Å². The van der Waals surface area contributed by atoms with Gasteiger partial charge in [-0.25, -0.2) is 0 Å². The molecule has 80 valence electrons. The summed E-state index contributed by atoms with van der Waals surface area (Å²) in [5.74, 6) is -0.0477. The second-order valence-corrected chi connectivity index (χ2v) is 4.82. The average molecular weight is 198 g/mol. The molecule has 0 aromatic carbocycles. The average Bonchev–Trinajstić information content (AvgIpc) is 2.28. The Kier molecular flexibility index (Phi) is 2.44. The van der Waals surface area contributed by atoms with E-state index >= 15 is 0 Å². The van der Waals surface area contributed by atoms with Crippen LogP contribution in [-0.2, 0) is 9.59 Å². The van der Waals surface area contributed by atoms with Crippen molar-refractivity contribution in [2.24, 2.45) is 5.41 Å². The summed E-state index contributed by atoms with van der Waals surface area (Å²) in [6.07, 6.45) is 0. The predicted molar refractivity (Wildman–Crippen MR) is 53.6 cm³/mol. The fourth-order valence-electron chi connectivity index (χ4n) is 2.28. The lowest BCUT2D eigenvalue weighted by Gasteiger charge is -2.44. The van der Waals surface area contributed by atoms with Crippen LogP contribution in [0.2, 0.25) is 0 Å². The fraction of sp³-hybridized carbons (Fsp3) is 0.800. The normalized spacial score (nSPS) is 28.4. The number of nitrogens with one attached hydrogen (secondary N) is 1. The first-order valence-electron chi connectivity index (χ1n) is 4.76. The molecular weight excluding hydrogens is 180 g/mol. The van der Waals surface area contributed by atoms with E-state index in [1.807, 2.05) is 20.8 Å². The number of ketones is 1. The van der Waals surface area contributed by atoms with Gasteiger partial charge in [-0.1, -0.05) is 20.8 Å². The van der Waals surface area contributed by atoms with Crippen LogP contribution in [0, 0.1) is 5.41 Å². The third-order valence-corrected chi connectivity index (χ3v) is 2.97. The monoisotopic (exact) mass is 198 g/mol. The lowest BCUT2D eigenvalue weighted by molar-refractivity contribution is -0.144. The summed E-state index contributed by atoms with van der Waals surface area (Å²) in [6, 6.07) is 0. The van der Waals surface area contributed by atoms with E-state index in [1.165, 1.54) is 11.8 Å². The van der Waals surface area contributed by atoms with Crippen molar-refractivity contribution in [2.45, 2.75) is 33.4 Å². The maximum atomic E-state index is 11.7. The third-order valence-electron chi connectivity index (χ3n) is 2.97. The van der Waals surface area contributed by atoms with Gasteiger partial charge in [0, 0.05) is 12.5 Å². The van der Waals surface area contributed by atoms with Crippen LogP contribution in [0.25, 0.3) is 0 Å².